The van der Waals surface area contributed by atoms with Gasteiger partial charge in [-0.1, -0.05) is 6.92 Å². The number of rotatable bonds is 6. The monoisotopic (exact) mass is 228 g/mol. The number of likely N-dealkylation sites (N-methyl/N-ethyl adjacent to an activating group) is 1. The Morgan fingerprint density at radius 3 is 2.38 bits per heavy atom. The number of carbonyl (C=O) groups excluding carboxylic acids is 1. The van der Waals surface area contributed by atoms with Crippen LogP contribution in [0.15, 0.2) is 4.99 Å². The number of guanidine groups is 1. The molecule has 0 aromatic rings. The minimum absolute atomic E-state index is 0.0552. The first-order valence-corrected chi connectivity index (χ1v) is 5.91. The fourth-order valence-corrected chi connectivity index (χ4v) is 1.37. The maximum Gasteiger partial charge on any atom is 0.244 e. The number of nitrogens with two attached hydrogens (primary N) is 1. The third kappa shape index (κ3) is 5.00. The number of hydrogen-bond acceptors (Lipinski definition) is 2. The molecule has 0 aromatic heterocycles. The Hall–Kier alpha value is -1.26. The van der Waals surface area contributed by atoms with Crippen molar-refractivity contribution in [1.82, 2.24) is 10.2 Å². The summed E-state index contributed by atoms with van der Waals surface area (Å²) in [5.74, 6) is 0.398. The molecular weight excluding hydrogens is 204 g/mol. The summed E-state index contributed by atoms with van der Waals surface area (Å²) < 4.78 is 0. The maximum atomic E-state index is 11.9. The van der Waals surface area contributed by atoms with Gasteiger partial charge in [-0.25, -0.2) is 0 Å². The Morgan fingerprint density at radius 2 is 1.94 bits per heavy atom. The van der Waals surface area contributed by atoms with Gasteiger partial charge in [0.25, 0.3) is 0 Å². The number of carbonyl (C=O) groups is 1. The van der Waals surface area contributed by atoms with E-state index in [1.165, 1.54) is 0 Å². The van der Waals surface area contributed by atoms with Crippen molar-refractivity contribution in [1.29, 1.82) is 0 Å². The lowest BCUT2D eigenvalue weighted by atomic mass is 10.3. The molecule has 94 valence electrons. The normalized spacial score (nSPS) is 13.4. The van der Waals surface area contributed by atoms with E-state index in [1.54, 1.807) is 11.8 Å². The first kappa shape index (κ1) is 14.7. The molecule has 0 bridgehead atoms. The van der Waals surface area contributed by atoms with Crippen LogP contribution in [-0.2, 0) is 4.79 Å². The van der Waals surface area contributed by atoms with Gasteiger partial charge in [-0.3, -0.25) is 9.79 Å². The maximum absolute atomic E-state index is 11.9. The lowest BCUT2D eigenvalue weighted by molar-refractivity contribution is -0.132. The summed E-state index contributed by atoms with van der Waals surface area (Å²) in [5, 5.41) is 2.90. The van der Waals surface area contributed by atoms with E-state index in [0.717, 1.165) is 6.42 Å². The molecule has 0 saturated carbocycles. The average Bonchev–Trinajstić information content (AvgIpc) is 2.27. The lowest BCUT2D eigenvalue weighted by Crippen LogP contribution is -2.49. The number of nitrogens with one attached hydrogen (secondary N) is 1. The van der Waals surface area contributed by atoms with E-state index < -0.39 is 0 Å². The molecule has 16 heavy (non-hydrogen) atoms. The van der Waals surface area contributed by atoms with Crippen molar-refractivity contribution in [2.45, 2.75) is 40.2 Å². The lowest BCUT2D eigenvalue weighted by Gasteiger charge is -2.23. The zero-order valence-electron chi connectivity index (χ0n) is 10.8. The molecule has 1 amide bonds. The van der Waals surface area contributed by atoms with Gasteiger partial charge in [0.2, 0.25) is 5.91 Å². The van der Waals surface area contributed by atoms with Gasteiger partial charge in [-0.15, -0.1) is 0 Å². The minimum Gasteiger partial charge on any atom is -0.370 e. The van der Waals surface area contributed by atoms with E-state index in [1.807, 2.05) is 20.8 Å². The Labute approximate surface area is 98.1 Å². The van der Waals surface area contributed by atoms with Gasteiger partial charge < -0.3 is 16.0 Å². The van der Waals surface area contributed by atoms with Crippen LogP contribution in [0.3, 0.4) is 0 Å². The van der Waals surface area contributed by atoms with E-state index in [-0.39, 0.29) is 11.9 Å². The third-order valence-electron chi connectivity index (χ3n) is 2.32. The molecular formula is C11H24N4O. The molecule has 1 atom stereocenters. The molecule has 0 heterocycles. The minimum atomic E-state index is -0.319. The zero-order chi connectivity index (χ0) is 12.6. The van der Waals surface area contributed by atoms with Crippen molar-refractivity contribution in [3.63, 3.8) is 0 Å². The van der Waals surface area contributed by atoms with E-state index in [4.69, 9.17) is 5.73 Å². The van der Waals surface area contributed by atoms with Crippen LogP contribution >= 0.6 is 0 Å². The van der Waals surface area contributed by atoms with Crippen molar-refractivity contribution in [2.24, 2.45) is 10.7 Å². The average molecular weight is 228 g/mol. The molecule has 0 spiro atoms. The smallest absolute Gasteiger partial charge is 0.244 e. The van der Waals surface area contributed by atoms with Crippen LogP contribution in [0.4, 0.5) is 0 Å². The van der Waals surface area contributed by atoms with E-state index in [0.29, 0.717) is 25.6 Å². The van der Waals surface area contributed by atoms with Crippen LogP contribution in [0.1, 0.15) is 34.1 Å². The Bertz CT molecular complexity index is 236. The van der Waals surface area contributed by atoms with E-state index in [9.17, 15) is 4.79 Å². The third-order valence-corrected chi connectivity index (χ3v) is 2.32. The van der Waals surface area contributed by atoms with Crippen molar-refractivity contribution in [3.05, 3.63) is 0 Å². The number of amides is 1. The molecule has 0 fully saturated rings. The van der Waals surface area contributed by atoms with Gasteiger partial charge in [-0.05, 0) is 27.2 Å². The molecule has 0 radical (unpaired) electrons. The highest BCUT2D eigenvalue weighted by atomic mass is 16.2. The highest BCUT2D eigenvalue weighted by Gasteiger charge is 2.17. The Kier molecular flexibility index (Phi) is 7.33. The summed E-state index contributed by atoms with van der Waals surface area (Å²) in [7, 11) is 0. The van der Waals surface area contributed by atoms with Gasteiger partial charge in [0.05, 0.1) is 0 Å². The summed E-state index contributed by atoms with van der Waals surface area (Å²) in [6.45, 7) is 9.87. The second kappa shape index (κ2) is 7.96. The first-order chi connectivity index (χ1) is 7.56. The zero-order valence-corrected chi connectivity index (χ0v) is 10.8. The second-order valence-electron chi connectivity index (χ2n) is 3.64. The van der Waals surface area contributed by atoms with E-state index >= 15 is 0 Å². The van der Waals surface area contributed by atoms with Gasteiger partial charge in [0.1, 0.15) is 6.04 Å². The molecule has 5 nitrogen and oxygen atoms in total. The SMILES string of the molecule is CCCN=C(N)NC(C)C(=O)N(CC)CC. The fourth-order valence-electron chi connectivity index (χ4n) is 1.37. The summed E-state index contributed by atoms with van der Waals surface area (Å²) in [5.41, 5.74) is 5.65. The van der Waals surface area contributed by atoms with Gasteiger partial charge in [0.15, 0.2) is 5.96 Å². The number of aliphatic imine (C=N–C) groups is 1. The predicted molar refractivity (Wildman–Crippen MR) is 67.3 cm³/mol. The molecule has 1 unspecified atom stereocenters. The molecule has 0 aromatic carbocycles. The second-order valence-corrected chi connectivity index (χ2v) is 3.64. The Morgan fingerprint density at radius 1 is 1.38 bits per heavy atom. The van der Waals surface area contributed by atoms with Gasteiger partial charge in [0, 0.05) is 19.6 Å². The van der Waals surface area contributed by atoms with Crippen LogP contribution in [-0.4, -0.2) is 42.4 Å². The van der Waals surface area contributed by atoms with Crippen LogP contribution in [0.5, 0.6) is 0 Å². The highest BCUT2D eigenvalue weighted by Crippen LogP contribution is 1.94. The van der Waals surface area contributed by atoms with Crippen LogP contribution in [0.2, 0.25) is 0 Å². The summed E-state index contributed by atoms with van der Waals surface area (Å²) in [6.07, 6.45) is 0.945. The topological polar surface area (TPSA) is 70.7 Å². The van der Waals surface area contributed by atoms with Crippen LogP contribution < -0.4 is 11.1 Å². The fraction of sp³-hybridized carbons (Fsp3) is 0.818. The molecule has 0 aliphatic heterocycles. The first-order valence-electron chi connectivity index (χ1n) is 5.91. The molecule has 0 aliphatic carbocycles. The van der Waals surface area contributed by atoms with Crippen molar-refractivity contribution in [2.75, 3.05) is 19.6 Å². The highest BCUT2D eigenvalue weighted by molar-refractivity contribution is 5.87. The van der Waals surface area contributed by atoms with Gasteiger partial charge in [-0.2, -0.15) is 0 Å². The number of nitrogens with zero attached hydrogens (tertiary/aromatic N) is 2. The quantitative estimate of drug-likeness (QED) is 0.515. The summed E-state index contributed by atoms with van der Waals surface area (Å²) in [4.78, 5) is 17.7. The molecule has 0 saturated heterocycles. The van der Waals surface area contributed by atoms with Crippen molar-refractivity contribution >= 4 is 11.9 Å². The molecule has 5 heteroatoms. The Balaban J connectivity index is 4.23. The van der Waals surface area contributed by atoms with Crippen molar-refractivity contribution in [3.8, 4) is 0 Å². The van der Waals surface area contributed by atoms with Crippen molar-refractivity contribution < 1.29 is 4.79 Å². The van der Waals surface area contributed by atoms with Gasteiger partial charge >= 0.3 is 0 Å². The standard InChI is InChI=1S/C11H24N4O/c1-5-8-13-11(12)14-9(4)10(16)15(6-2)7-3/h9H,5-8H2,1-4H3,(H3,12,13,14). The summed E-state index contributed by atoms with van der Waals surface area (Å²) >= 11 is 0. The number of hydrogen-bond donors (Lipinski definition) is 2. The summed E-state index contributed by atoms with van der Waals surface area (Å²) in [6, 6.07) is -0.319. The molecule has 0 rings (SSSR count). The predicted octanol–water partition coefficient (Wildman–Crippen LogP) is 0.558. The van der Waals surface area contributed by atoms with Crippen LogP contribution in [0.25, 0.3) is 0 Å². The molecule has 0 aliphatic rings. The largest absolute Gasteiger partial charge is 0.370 e. The van der Waals surface area contributed by atoms with E-state index in [2.05, 4.69) is 10.3 Å². The van der Waals surface area contributed by atoms with Crippen LogP contribution in [0, 0.1) is 0 Å². The molecule has 3 N–H and O–H groups in total.